The average molecular weight is 331 g/mol. The van der Waals surface area contributed by atoms with Crippen molar-refractivity contribution in [3.05, 3.63) is 55.1 Å². The third-order valence-corrected chi connectivity index (χ3v) is 4.61. The summed E-state index contributed by atoms with van der Waals surface area (Å²) < 4.78 is 1.14. The van der Waals surface area contributed by atoms with Gasteiger partial charge in [-0.25, -0.2) is 0 Å². The summed E-state index contributed by atoms with van der Waals surface area (Å²) in [4.78, 5) is 0. The molecule has 0 amide bonds. The van der Waals surface area contributed by atoms with Crippen LogP contribution in [0.25, 0.3) is 0 Å². The molecule has 0 spiro atoms. The van der Waals surface area contributed by atoms with E-state index in [1.807, 2.05) is 19.2 Å². The molecular formula is C13H13BrClNS. The number of halogens is 2. The third-order valence-electron chi connectivity index (χ3n) is 2.64. The summed E-state index contributed by atoms with van der Waals surface area (Å²) in [5, 5.41) is 8.37. The monoisotopic (exact) mass is 329 g/mol. The van der Waals surface area contributed by atoms with E-state index >= 15 is 0 Å². The highest BCUT2D eigenvalue weighted by atomic mass is 79.9. The maximum atomic E-state index is 6.12. The fraction of sp³-hybridized carbons (Fsp3) is 0.231. The van der Waals surface area contributed by atoms with E-state index in [2.05, 4.69) is 45.0 Å². The standard InChI is InChI=1S/C13H13BrClNS/c1-8-3-9(5-10(15)4-8)13(16-2)11-6-17-7-12(11)14/h3-7,13,16H,1-2H3. The van der Waals surface area contributed by atoms with Gasteiger partial charge in [-0.05, 0) is 64.1 Å². The third kappa shape index (κ3) is 2.91. The molecule has 1 nitrogen and oxygen atoms in total. The summed E-state index contributed by atoms with van der Waals surface area (Å²) in [6.45, 7) is 2.06. The van der Waals surface area contributed by atoms with Crippen molar-refractivity contribution in [1.82, 2.24) is 5.32 Å². The van der Waals surface area contributed by atoms with Gasteiger partial charge in [0.15, 0.2) is 0 Å². The molecule has 1 aromatic carbocycles. The number of nitrogens with one attached hydrogen (secondary N) is 1. The van der Waals surface area contributed by atoms with E-state index in [9.17, 15) is 0 Å². The van der Waals surface area contributed by atoms with Gasteiger partial charge in [-0.2, -0.15) is 11.3 Å². The molecule has 0 radical (unpaired) electrons. The van der Waals surface area contributed by atoms with Crippen LogP contribution in [0.15, 0.2) is 33.4 Å². The number of rotatable bonds is 3. The number of thiophene rings is 1. The maximum Gasteiger partial charge on any atom is 0.0594 e. The Morgan fingerprint density at radius 3 is 2.59 bits per heavy atom. The largest absolute Gasteiger partial charge is 0.309 e. The molecule has 1 N–H and O–H groups in total. The Labute approximate surface area is 119 Å². The molecule has 2 aromatic rings. The van der Waals surface area contributed by atoms with Crippen LogP contribution in [0, 0.1) is 6.92 Å². The number of hydrogen-bond donors (Lipinski definition) is 1. The second kappa shape index (κ2) is 5.53. The van der Waals surface area contributed by atoms with Crippen LogP contribution in [0.2, 0.25) is 5.02 Å². The van der Waals surface area contributed by atoms with Crippen molar-refractivity contribution >= 4 is 38.9 Å². The van der Waals surface area contributed by atoms with Gasteiger partial charge in [-0.1, -0.05) is 17.7 Å². The van der Waals surface area contributed by atoms with E-state index in [0.29, 0.717) is 0 Å². The summed E-state index contributed by atoms with van der Waals surface area (Å²) in [6, 6.07) is 6.32. The average Bonchev–Trinajstić information content (AvgIpc) is 2.65. The fourth-order valence-electron chi connectivity index (χ4n) is 1.93. The Morgan fingerprint density at radius 2 is 2.06 bits per heavy atom. The van der Waals surface area contributed by atoms with Crippen LogP contribution in [0.1, 0.15) is 22.7 Å². The van der Waals surface area contributed by atoms with Crippen LogP contribution in [-0.2, 0) is 0 Å². The van der Waals surface area contributed by atoms with Crippen LogP contribution in [-0.4, -0.2) is 7.05 Å². The Bertz CT molecular complexity index is 504. The highest BCUT2D eigenvalue weighted by Gasteiger charge is 2.16. The first-order valence-corrected chi connectivity index (χ1v) is 7.39. The minimum atomic E-state index is 0.174. The summed E-state index contributed by atoms with van der Waals surface area (Å²) in [5.74, 6) is 0. The SMILES string of the molecule is CNC(c1cc(C)cc(Cl)c1)c1cscc1Br. The first-order valence-electron chi connectivity index (χ1n) is 5.27. The quantitative estimate of drug-likeness (QED) is 0.854. The lowest BCUT2D eigenvalue weighted by Gasteiger charge is -2.17. The Balaban J connectivity index is 2.45. The molecule has 0 aliphatic heterocycles. The summed E-state index contributed by atoms with van der Waals surface area (Å²) in [7, 11) is 1.96. The molecule has 0 saturated heterocycles. The minimum absolute atomic E-state index is 0.174. The minimum Gasteiger partial charge on any atom is -0.309 e. The second-order valence-electron chi connectivity index (χ2n) is 3.96. The molecule has 0 saturated carbocycles. The molecule has 0 aliphatic rings. The Kier molecular flexibility index (Phi) is 4.26. The van der Waals surface area contributed by atoms with Gasteiger partial charge in [0.25, 0.3) is 0 Å². The van der Waals surface area contributed by atoms with E-state index in [-0.39, 0.29) is 6.04 Å². The van der Waals surface area contributed by atoms with Crippen molar-refractivity contribution in [3.8, 4) is 0 Å². The lowest BCUT2D eigenvalue weighted by molar-refractivity contribution is 0.691. The topological polar surface area (TPSA) is 12.0 Å². The van der Waals surface area contributed by atoms with Gasteiger partial charge in [0.1, 0.15) is 0 Å². The van der Waals surface area contributed by atoms with E-state index in [0.717, 1.165) is 9.50 Å². The van der Waals surface area contributed by atoms with Gasteiger partial charge in [0, 0.05) is 14.9 Å². The zero-order valence-electron chi connectivity index (χ0n) is 9.63. The molecular weight excluding hydrogens is 318 g/mol. The van der Waals surface area contributed by atoms with Gasteiger partial charge in [0.05, 0.1) is 6.04 Å². The van der Waals surface area contributed by atoms with Gasteiger partial charge in [0.2, 0.25) is 0 Å². The molecule has 0 fully saturated rings. The zero-order chi connectivity index (χ0) is 12.4. The molecule has 0 aliphatic carbocycles. The number of hydrogen-bond acceptors (Lipinski definition) is 2. The van der Waals surface area contributed by atoms with Crippen molar-refractivity contribution < 1.29 is 0 Å². The summed E-state index contributed by atoms with van der Waals surface area (Å²) in [5.41, 5.74) is 3.62. The number of aryl methyl sites for hydroxylation is 1. The lowest BCUT2D eigenvalue weighted by Crippen LogP contribution is -2.17. The highest BCUT2D eigenvalue weighted by Crippen LogP contribution is 2.32. The molecule has 1 atom stereocenters. The predicted molar refractivity (Wildman–Crippen MR) is 79.1 cm³/mol. The van der Waals surface area contributed by atoms with E-state index in [1.54, 1.807) is 11.3 Å². The van der Waals surface area contributed by atoms with Crippen LogP contribution in [0.3, 0.4) is 0 Å². The van der Waals surface area contributed by atoms with Crippen molar-refractivity contribution in [1.29, 1.82) is 0 Å². The van der Waals surface area contributed by atoms with Crippen molar-refractivity contribution in [2.24, 2.45) is 0 Å². The summed E-state index contributed by atoms with van der Waals surface area (Å²) >= 11 is 11.4. The molecule has 0 bridgehead atoms. The first-order chi connectivity index (χ1) is 8.11. The molecule has 2 rings (SSSR count). The fourth-order valence-corrected chi connectivity index (χ4v) is 3.78. The number of benzene rings is 1. The zero-order valence-corrected chi connectivity index (χ0v) is 12.8. The van der Waals surface area contributed by atoms with Crippen LogP contribution in [0.4, 0.5) is 0 Å². The van der Waals surface area contributed by atoms with Crippen LogP contribution < -0.4 is 5.32 Å². The van der Waals surface area contributed by atoms with Gasteiger partial charge < -0.3 is 5.32 Å². The normalized spacial score (nSPS) is 12.7. The van der Waals surface area contributed by atoms with Crippen LogP contribution >= 0.6 is 38.9 Å². The summed E-state index contributed by atoms with van der Waals surface area (Å²) in [6.07, 6.45) is 0. The molecule has 4 heteroatoms. The smallest absolute Gasteiger partial charge is 0.0594 e. The van der Waals surface area contributed by atoms with E-state index in [1.165, 1.54) is 16.7 Å². The van der Waals surface area contributed by atoms with E-state index in [4.69, 9.17) is 11.6 Å². The lowest BCUT2D eigenvalue weighted by atomic mass is 10.00. The van der Waals surface area contributed by atoms with Crippen LogP contribution in [0.5, 0.6) is 0 Å². The molecule has 1 aromatic heterocycles. The Hall–Kier alpha value is -0.350. The highest BCUT2D eigenvalue weighted by molar-refractivity contribution is 9.10. The first kappa shape index (κ1) is 13.1. The Morgan fingerprint density at radius 1 is 1.29 bits per heavy atom. The van der Waals surface area contributed by atoms with Gasteiger partial charge >= 0.3 is 0 Å². The van der Waals surface area contributed by atoms with Crippen molar-refractivity contribution in [2.45, 2.75) is 13.0 Å². The van der Waals surface area contributed by atoms with Gasteiger partial charge in [-0.3, -0.25) is 0 Å². The van der Waals surface area contributed by atoms with E-state index < -0.39 is 0 Å². The molecule has 90 valence electrons. The second-order valence-corrected chi connectivity index (χ2v) is 5.99. The maximum absolute atomic E-state index is 6.12. The van der Waals surface area contributed by atoms with Gasteiger partial charge in [-0.15, -0.1) is 0 Å². The molecule has 17 heavy (non-hydrogen) atoms. The predicted octanol–water partition coefficient (Wildman–Crippen LogP) is 4.78. The van der Waals surface area contributed by atoms with Crippen molar-refractivity contribution in [3.63, 3.8) is 0 Å². The molecule has 1 unspecified atom stereocenters. The molecule has 1 heterocycles. The van der Waals surface area contributed by atoms with Crippen molar-refractivity contribution in [2.75, 3.05) is 7.05 Å².